The monoisotopic (exact) mass is 308 g/mol. The Hall–Kier alpha value is -3.42. The summed E-state index contributed by atoms with van der Waals surface area (Å²) >= 11 is 0. The van der Waals surface area contributed by atoms with Gasteiger partial charge in [-0.15, -0.1) is 0 Å². The maximum Gasteiger partial charge on any atom is 0.231 e. The largest absolute Gasteiger partial charge is 0.454 e. The van der Waals surface area contributed by atoms with Gasteiger partial charge in [0.1, 0.15) is 18.0 Å². The molecule has 0 saturated carbocycles. The van der Waals surface area contributed by atoms with E-state index in [4.69, 9.17) is 9.47 Å². The third kappa shape index (κ3) is 2.95. The number of aromatic nitrogens is 4. The summed E-state index contributed by atoms with van der Waals surface area (Å²) in [5, 5.41) is 6.21. The Morgan fingerprint density at radius 3 is 2.70 bits per heavy atom. The highest BCUT2D eigenvalue weighted by atomic mass is 16.7. The van der Waals surface area contributed by atoms with Crippen LogP contribution in [-0.4, -0.2) is 26.7 Å². The van der Waals surface area contributed by atoms with Crippen LogP contribution in [-0.2, 0) is 0 Å². The maximum atomic E-state index is 5.36. The van der Waals surface area contributed by atoms with Gasteiger partial charge < -0.3 is 20.1 Å². The van der Waals surface area contributed by atoms with Gasteiger partial charge in [0.25, 0.3) is 0 Å². The van der Waals surface area contributed by atoms with Gasteiger partial charge in [-0.25, -0.2) is 15.0 Å². The molecule has 23 heavy (non-hydrogen) atoms. The van der Waals surface area contributed by atoms with Crippen molar-refractivity contribution in [3.05, 3.63) is 49.1 Å². The number of hydrogen-bond donors (Lipinski definition) is 2. The summed E-state index contributed by atoms with van der Waals surface area (Å²) in [5.74, 6) is 3.16. The minimum Gasteiger partial charge on any atom is -0.454 e. The molecular formula is C15H12N6O2. The van der Waals surface area contributed by atoms with E-state index >= 15 is 0 Å². The van der Waals surface area contributed by atoms with Crippen LogP contribution < -0.4 is 20.1 Å². The van der Waals surface area contributed by atoms with E-state index in [0.717, 1.165) is 11.4 Å². The number of rotatable bonds is 4. The second kappa shape index (κ2) is 5.76. The van der Waals surface area contributed by atoms with Gasteiger partial charge in [0.05, 0.1) is 0 Å². The van der Waals surface area contributed by atoms with E-state index in [1.54, 1.807) is 24.5 Å². The van der Waals surface area contributed by atoms with Gasteiger partial charge in [-0.3, -0.25) is 0 Å². The molecule has 0 atom stereocenters. The molecule has 4 rings (SSSR count). The van der Waals surface area contributed by atoms with Crippen LogP contribution in [0.5, 0.6) is 11.5 Å². The van der Waals surface area contributed by atoms with Gasteiger partial charge in [-0.05, 0) is 24.3 Å². The fourth-order valence-electron chi connectivity index (χ4n) is 2.09. The standard InChI is InChI=1S/C15H12N6O2/c1-2-11-12(23-9-22-11)7-10(1)19-14-4-6-17-15(21-14)20-13-3-5-16-8-18-13/h1-8H,9H2,(H2,16,17,18,19,20,21). The summed E-state index contributed by atoms with van der Waals surface area (Å²) in [7, 11) is 0. The highest BCUT2D eigenvalue weighted by Crippen LogP contribution is 2.34. The molecule has 0 radical (unpaired) electrons. The minimum atomic E-state index is 0.249. The molecule has 1 aliphatic rings. The molecule has 0 spiro atoms. The molecule has 2 aromatic heterocycles. The van der Waals surface area contributed by atoms with Gasteiger partial charge in [-0.2, -0.15) is 4.98 Å². The van der Waals surface area contributed by atoms with Crippen LogP contribution in [0.3, 0.4) is 0 Å². The third-order valence-electron chi connectivity index (χ3n) is 3.12. The second-order valence-corrected chi connectivity index (χ2v) is 4.68. The first-order valence-corrected chi connectivity index (χ1v) is 6.89. The number of ether oxygens (including phenoxy) is 2. The van der Waals surface area contributed by atoms with E-state index in [2.05, 4.69) is 30.6 Å². The van der Waals surface area contributed by atoms with Crippen LogP contribution in [0.1, 0.15) is 0 Å². The second-order valence-electron chi connectivity index (χ2n) is 4.68. The molecule has 0 saturated heterocycles. The average Bonchev–Trinajstić information content (AvgIpc) is 3.04. The summed E-state index contributed by atoms with van der Waals surface area (Å²) in [4.78, 5) is 16.5. The molecule has 3 aromatic rings. The molecule has 0 fully saturated rings. The van der Waals surface area contributed by atoms with Crippen molar-refractivity contribution in [1.82, 2.24) is 19.9 Å². The van der Waals surface area contributed by atoms with E-state index in [1.807, 2.05) is 18.2 Å². The maximum absolute atomic E-state index is 5.36. The number of hydrogen-bond acceptors (Lipinski definition) is 8. The van der Waals surface area contributed by atoms with Crippen LogP contribution in [0.25, 0.3) is 0 Å². The first-order valence-electron chi connectivity index (χ1n) is 6.89. The molecule has 8 nitrogen and oxygen atoms in total. The van der Waals surface area contributed by atoms with Gasteiger partial charge >= 0.3 is 0 Å². The molecule has 0 aliphatic carbocycles. The summed E-state index contributed by atoms with van der Waals surface area (Å²) in [6.45, 7) is 0.249. The van der Waals surface area contributed by atoms with Gasteiger partial charge in [0, 0.05) is 24.1 Å². The minimum absolute atomic E-state index is 0.249. The fraction of sp³-hybridized carbons (Fsp3) is 0.0667. The Morgan fingerprint density at radius 1 is 0.870 bits per heavy atom. The molecule has 0 bridgehead atoms. The molecule has 1 aromatic carbocycles. The molecular weight excluding hydrogens is 296 g/mol. The van der Waals surface area contributed by atoms with Crippen molar-refractivity contribution in [2.75, 3.05) is 17.4 Å². The number of anilines is 4. The zero-order valence-electron chi connectivity index (χ0n) is 11.9. The quantitative estimate of drug-likeness (QED) is 0.759. The normalized spacial score (nSPS) is 12.0. The van der Waals surface area contributed by atoms with E-state index in [-0.39, 0.29) is 6.79 Å². The summed E-state index contributed by atoms with van der Waals surface area (Å²) < 4.78 is 10.6. The van der Waals surface area contributed by atoms with E-state index in [9.17, 15) is 0 Å². The van der Waals surface area contributed by atoms with Crippen molar-refractivity contribution in [3.63, 3.8) is 0 Å². The first kappa shape index (κ1) is 13.3. The third-order valence-corrected chi connectivity index (χ3v) is 3.12. The number of nitrogens with zero attached hydrogens (tertiary/aromatic N) is 4. The summed E-state index contributed by atoms with van der Waals surface area (Å²) in [6.07, 6.45) is 4.76. The van der Waals surface area contributed by atoms with Crippen molar-refractivity contribution in [3.8, 4) is 11.5 Å². The van der Waals surface area contributed by atoms with Crippen LogP contribution in [0.2, 0.25) is 0 Å². The van der Waals surface area contributed by atoms with Gasteiger partial charge in [0.2, 0.25) is 12.7 Å². The number of benzene rings is 1. The Balaban J connectivity index is 1.52. The molecule has 114 valence electrons. The smallest absolute Gasteiger partial charge is 0.231 e. The average molecular weight is 308 g/mol. The lowest BCUT2D eigenvalue weighted by molar-refractivity contribution is 0.174. The Morgan fingerprint density at radius 2 is 1.78 bits per heavy atom. The van der Waals surface area contributed by atoms with Crippen LogP contribution >= 0.6 is 0 Å². The van der Waals surface area contributed by atoms with E-state index < -0.39 is 0 Å². The zero-order valence-corrected chi connectivity index (χ0v) is 11.9. The topological polar surface area (TPSA) is 94.1 Å². The predicted molar refractivity (Wildman–Crippen MR) is 83.2 cm³/mol. The van der Waals surface area contributed by atoms with Crippen molar-refractivity contribution < 1.29 is 9.47 Å². The number of fused-ring (bicyclic) bond motifs is 1. The highest BCUT2D eigenvalue weighted by molar-refractivity contribution is 5.62. The predicted octanol–water partition coefficient (Wildman–Crippen LogP) is 2.48. The molecule has 0 unspecified atom stereocenters. The van der Waals surface area contributed by atoms with Crippen LogP contribution in [0.4, 0.5) is 23.3 Å². The summed E-state index contributed by atoms with van der Waals surface area (Å²) in [5.41, 5.74) is 0.848. The summed E-state index contributed by atoms with van der Waals surface area (Å²) in [6, 6.07) is 9.12. The van der Waals surface area contributed by atoms with Crippen molar-refractivity contribution in [2.24, 2.45) is 0 Å². The van der Waals surface area contributed by atoms with Crippen LogP contribution in [0.15, 0.2) is 49.1 Å². The SMILES string of the molecule is c1cc(Nc2nccc(Nc3ccc4c(c3)OCO4)n2)ncn1. The molecule has 8 heteroatoms. The zero-order chi connectivity index (χ0) is 15.5. The lowest BCUT2D eigenvalue weighted by atomic mass is 10.3. The lowest BCUT2D eigenvalue weighted by Crippen LogP contribution is -2.01. The molecule has 1 aliphatic heterocycles. The van der Waals surface area contributed by atoms with Crippen molar-refractivity contribution in [1.29, 1.82) is 0 Å². The van der Waals surface area contributed by atoms with Crippen molar-refractivity contribution in [2.45, 2.75) is 0 Å². The fourth-order valence-corrected chi connectivity index (χ4v) is 2.09. The Kier molecular flexibility index (Phi) is 3.32. The lowest BCUT2D eigenvalue weighted by Gasteiger charge is -2.08. The first-order chi connectivity index (χ1) is 11.4. The van der Waals surface area contributed by atoms with Crippen LogP contribution in [0, 0.1) is 0 Å². The molecule has 0 amide bonds. The Bertz CT molecular complexity index is 827. The molecule has 2 N–H and O–H groups in total. The van der Waals surface area contributed by atoms with Gasteiger partial charge in [0.15, 0.2) is 11.5 Å². The molecule has 3 heterocycles. The number of nitrogens with one attached hydrogen (secondary N) is 2. The van der Waals surface area contributed by atoms with Crippen molar-refractivity contribution >= 4 is 23.3 Å². The van der Waals surface area contributed by atoms with Gasteiger partial charge in [-0.1, -0.05) is 0 Å². The highest BCUT2D eigenvalue weighted by Gasteiger charge is 2.13. The Labute approximate surface area is 131 Å². The van der Waals surface area contributed by atoms with E-state index in [0.29, 0.717) is 23.3 Å². The van der Waals surface area contributed by atoms with E-state index in [1.165, 1.54) is 6.33 Å².